The number of benzene rings is 2. The van der Waals surface area contributed by atoms with Gasteiger partial charge in [-0.1, -0.05) is 39.0 Å². The van der Waals surface area contributed by atoms with E-state index >= 15 is 0 Å². The second kappa shape index (κ2) is 10.6. The van der Waals surface area contributed by atoms with E-state index in [4.69, 9.17) is 9.47 Å². The van der Waals surface area contributed by atoms with Crippen molar-refractivity contribution in [2.45, 2.75) is 46.0 Å². The molecule has 1 fully saturated rings. The highest BCUT2D eigenvalue weighted by Crippen LogP contribution is 2.36. The smallest absolute Gasteiger partial charge is 0.265 e. The summed E-state index contributed by atoms with van der Waals surface area (Å²) < 4.78 is 11.4. The second-order valence-electron chi connectivity index (χ2n) is 10.1. The summed E-state index contributed by atoms with van der Waals surface area (Å²) >= 11 is 0. The van der Waals surface area contributed by atoms with Crippen LogP contribution >= 0.6 is 0 Å². The molecule has 0 spiro atoms. The Balaban J connectivity index is 1.32. The number of anilines is 2. The van der Waals surface area contributed by atoms with Crippen molar-refractivity contribution in [3.63, 3.8) is 0 Å². The predicted octanol–water partition coefficient (Wildman–Crippen LogP) is 4.24. The summed E-state index contributed by atoms with van der Waals surface area (Å²) in [5, 5.41) is 0. The van der Waals surface area contributed by atoms with Gasteiger partial charge in [-0.3, -0.25) is 9.59 Å². The van der Waals surface area contributed by atoms with E-state index in [0.717, 1.165) is 41.5 Å². The van der Waals surface area contributed by atoms with Crippen molar-refractivity contribution in [3.8, 4) is 11.5 Å². The van der Waals surface area contributed by atoms with Crippen LogP contribution in [-0.2, 0) is 15.0 Å². The molecular formula is C28H37N3O4. The van der Waals surface area contributed by atoms with Crippen molar-refractivity contribution in [3.05, 3.63) is 48.0 Å². The van der Waals surface area contributed by atoms with Crippen LogP contribution in [0, 0.1) is 0 Å². The lowest BCUT2D eigenvalue weighted by Gasteiger charge is -2.37. The molecule has 1 saturated heterocycles. The van der Waals surface area contributed by atoms with Crippen molar-refractivity contribution in [1.82, 2.24) is 4.90 Å². The van der Waals surface area contributed by atoms with Gasteiger partial charge in [0.1, 0.15) is 11.5 Å². The lowest BCUT2D eigenvalue weighted by Crippen LogP contribution is -2.49. The molecule has 4 rings (SSSR count). The van der Waals surface area contributed by atoms with E-state index in [1.807, 2.05) is 42.2 Å². The number of hydrogen-bond donors (Lipinski definition) is 0. The Morgan fingerprint density at radius 3 is 2.49 bits per heavy atom. The number of rotatable bonds is 7. The number of amides is 2. The maximum Gasteiger partial charge on any atom is 0.265 e. The van der Waals surface area contributed by atoms with Crippen LogP contribution in [-0.4, -0.2) is 62.7 Å². The molecule has 0 bridgehead atoms. The quantitative estimate of drug-likeness (QED) is 0.595. The fourth-order valence-corrected chi connectivity index (χ4v) is 4.65. The van der Waals surface area contributed by atoms with Gasteiger partial charge in [0.25, 0.3) is 5.91 Å². The first-order chi connectivity index (χ1) is 16.8. The molecule has 0 atom stereocenters. The monoisotopic (exact) mass is 479 g/mol. The minimum Gasteiger partial charge on any atom is -0.492 e. The number of hydrogen-bond acceptors (Lipinski definition) is 5. The third-order valence-electron chi connectivity index (χ3n) is 6.68. The number of nitrogens with zero attached hydrogens (tertiary/aromatic N) is 3. The van der Waals surface area contributed by atoms with Crippen LogP contribution in [0.25, 0.3) is 0 Å². The van der Waals surface area contributed by atoms with Gasteiger partial charge < -0.3 is 24.2 Å². The molecule has 2 heterocycles. The maximum absolute atomic E-state index is 12.9. The number of carbonyl (C=O) groups is 2. The number of carbonyl (C=O) groups excluding carboxylic acids is 2. The highest BCUT2D eigenvalue weighted by molar-refractivity contribution is 5.98. The van der Waals surface area contributed by atoms with Crippen LogP contribution in [0.3, 0.4) is 0 Å². The molecule has 0 aromatic heterocycles. The number of piperazine rings is 1. The van der Waals surface area contributed by atoms with Gasteiger partial charge in [0.15, 0.2) is 6.61 Å². The Morgan fingerprint density at radius 1 is 1.03 bits per heavy atom. The van der Waals surface area contributed by atoms with E-state index in [0.29, 0.717) is 39.1 Å². The molecule has 0 N–H and O–H groups in total. The van der Waals surface area contributed by atoms with Crippen molar-refractivity contribution in [1.29, 1.82) is 0 Å². The second-order valence-corrected chi connectivity index (χ2v) is 10.1. The number of ether oxygens (including phenoxy) is 2. The van der Waals surface area contributed by atoms with Gasteiger partial charge in [0, 0.05) is 39.1 Å². The average Bonchev–Trinajstić information content (AvgIpc) is 2.85. The van der Waals surface area contributed by atoms with Crippen LogP contribution in [0.15, 0.2) is 42.5 Å². The minimum absolute atomic E-state index is 0.0253. The highest BCUT2D eigenvalue weighted by atomic mass is 16.5. The molecular weight excluding hydrogens is 442 g/mol. The molecule has 2 aliphatic rings. The van der Waals surface area contributed by atoms with Crippen LogP contribution in [0.5, 0.6) is 11.5 Å². The number of para-hydroxylation sites is 2. The van der Waals surface area contributed by atoms with E-state index in [9.17, 15) is 9.59 Å². The molecule has 0 unspecified atom stereocenters. The Bertz CT molecular complexity index is 1050. The van der Waals surface area contributed by atoms with E-state index in [2.05, 4.69) is 37.8 Å². The van der Waals surface area contributed by atoms with Gasteiger partial charge in [0.2, 0.25) is 5.91 Å². The molecule has 35 heavy (non-hydrogen) atoms. The van der Waals surface area contributed by atoms with E-state index in [-0.39, 0.29) is 23.8 Å². The van der Waals surface area contributed by atoms with Crippen molar-refractivity contribution in [2.24, 2.45) is 0 Å². The first-order valence-corrected chi connectivity index (χ1v) is 12.6. The molecule has 7 heteroatoms. The fraction of sp³-hybridized carbons (Fsp3) is 0.500. The maximum atomic E-state index is 12.9. The molecule has 0 saturated carbocycles. The summed E-state index contributed by atoms with van der Waals surface area (Å²) in [7, 11) is 0. The van der Waals surface area contributed by atoms with Crippen molar-refractivity contribution >= 4 is 23.2 Å². The van der Waals surface area contributed by atoms with E-state index < -0.39 is 0 Å². The Morgan fingerprint density at radius 2 is 1.77 bits per heavy atom. The number of fused-ring (bicyclic) bond motifs is 1. The molecule has 2 aliphatic heterocycles. The third kappa shape index (κ3) is 5.72. The minimum atomic E-state index is -0.0578. The molecule has 0 radical (unpaired) electrons. The Kier molecular flexibility index (Phi) is 7.53. The van der Waals surface area contributed by atoms with Gasteiger partial charge in [-0.2, -0.15) is 0 Å². The van der Waals surface area contributed by atoms with Crippen LogP contribution < -0.4 is 19.3 Å². The Labute approximate surface area is 208 Å². The molecule has 0 aliphatic carbocycles. The van der Waals surface area contributed by atoms with E-state index in [1.54, 1.807) is 4.90 Å². The largest absolute Gasteiger partial charge is 0.492 e. The summed E-state index contributed by atoms with van der Waals surface area (Å²) in [5.74, 6) is 1.71. The zero-order chi connectivity index (χ0) is 25.0. The summed E-state index contributed by atoms with van der Waals surface area (Å²) in [4.78, 5) is 31.6. The highest BCUT2D eigenvalue weighted by Gasteiger charge is 2.28. The predicted molar refractivity (Wildman–Crippen MR) is 139 cm³/mol. The van der Waals surface area contributed by atoms with Crippen molar-refractivity contribution < 1.29 is 19.1 Å². The molecule has 2 aromatic carbocycles. The van der Waals surface area contributed by atoms with Gasteiger partial charge in [-0.15, -0.1) is 0 Å². The standard InChI is InChI=1S/C28H37N3O4/c1-5-34-24-10-7-6-9-22(24)29-15-17-30(18-16-29)26(32)11-8-14-31-23-19-21(28(2,3)4)12-13-25(23)35-20-27(31)33/h6-7,9-10,12-13,19H,5,8,11,14-18,20H2,1-4H3. The van der Waals surface area contributed by atoms with Gasteiger partial charge >= 0.3 is 0 Å². The summed E-state index contributed by atoms with van der Waals surface area (Å²) in [5.41, 5.74) is 3.02. The average molecular weight is 480 g/mol. The third-order valence-corrected chi connectivity index (χ3v) is 6.68. The lowest BCUT2D eigenvalue weighted by molar-refractivity contribution is -0.131. The SMILES string of the molecule is CCOc1ccccc1N1CCN(C(=O)CCCN2C(=O)COc3ccc(C(C)(C)C)cc32)CC1. The molecule has 2 amide bonds. The Hall–Kier alpha value is -3.22. The first-order valence-electron chi connectivity index (χ1n) is 12.6. The summed E-state index contributed by atoms with van der Waals surface area (Å²) in [6.07, 6.45) is 1.05. The fourth-order valence-electron chi connectivity index (χ4n) is 4.65. The topological polar surface area (TPSA) is 62.3 Å². The summed E-state index contributed by atoms with van der Waals surface area (Å²) in [6, 6.07) is 14.1. The van der Waals surface area contributed by atoms with Crippen LogP contribution in [0.2, 0.25) is 0 Å². The molecule has 188 valence electrons. The lowest BCUT2D eigenvalue weighted by atomic mass is 9.86. The van der Waals surface area contributed by atoms with Crippen LogP contribution in [0.1, 0.15) is 46.1 Å². The van der Waals surface area contributed by atoms with E-state index in [1.165, 1.54) is 0 Å². The first kappa shape index (κ1) is 24.9. The molecule has 2 aromatic rings. The normalized spacial score (nSPS) is 16.1. The summed E-state index contributed by atoms with van der Waals surface area (Å²) in [6.45, 7) is 12.6. The van der Waals surface area contributed by atoms with Crippen LogP contribution in [0.4, 0.5) is 11.4 Å². The van der Waals surface area contributed by atoms with Crippen molar-refractivity contribution in [2.75, 3.05) is 55.7 Å². The van der Waals surface area contributed by atoms with Gasteiger partial charge in [-0.25, -0.2) is 0 Å². The molecule has 7 nitrogen and oxygen atoms in total. The zero-order valence-electron chi connectivity index (χ0n) is 21.4. The van der Waals surface area contributed by atoms with Gasteiger partial charge in [-0.05, 0) is 48.6 Å². The zero-order valence-corrected chi connectivity index (χ0v) is 21.4. The van der Waals surface area contributed by atoms with Gasteiger partial charge in [0.05, 0.1) is 18.0 Å².